The first-order valence-electron chi connectivity index (χ1n) is 4.88. The number of carbonyl (C=O) groups is 1. The van der Waals surface area contributed by atoms with Crippen molar-refractivity contribution in [1.82, 2.24) is 5.32 Å². The van der Waals surface area contributed by atoms with Crippen LogP contribution in [0.25, 0.3) is 0 Å². The van der Waals surface area contributed by atoms with E-state index in [0.29, 0.717) is 13.1 Å². The van der Waals surface area contributed by atoms with Crippen LogP contribution in [-0.2, 0) is 11.2 Å². The molecule has 0 saturated heterocycles. The number of carbonyl (C=O) groups excluding carboxylic acids is 1. The van der Waals surface area contributed by atoms with Gasteiger partial charge in [0.1, 0.15) is 0 Å². The molecule has 3 heteroatoms. The fraction of sp³-hybridized carbons (Fsp3) is 0.364. The van der Waals surface area contributed by atoms with E-state index in [1.807, 2.05) is 18.2 Å². The third kappa shape index (κ3) is 1.51. The van der Waals surface area contributed by atoms with Gasteiger partial charge in [-0.25, -0.2) is 0 Å². The van der Waals surface area contributed by atoms with Gasteiger partial charge in [0.25, 0.3) is 0 Å². The smallest absolute Gasteiger partial charge is 0.227 e. The fourth-order valence-corrected chi connectivity index (χ4v) is 1.81. The first kappa shape index (κ1) is 9.21. The summed E-state index contributed by atoms with van der Waals surface area (Å²) in [6, 6.07) is 8.07. The minimum Gasteiger partial charge on any atom is -0.354 e. The van der Waals surface area contributed by atoms with Crippen LogP contribution < -0.4 is 11.1 Å². The lowest BCUT2D eigenvalue weighted by Gasteiger charge is -2.28. The quantitative estimate of drug-likeness (QED) is 0.725. The number of rotatable bonds is 3. The van der Waals surface area contributed by atoms with Gasteiger partial charge >= 0.3 is 0 Å². The Morgan fingerprint density at radius 1 is 1.50 bits per heavy atom. The zero-order valence-electron chi connectivity index (χ0n) is 7.99. The van der Waals surface area contributed by atoms with Crippen molar-refractivity contribution in [3.63, 3.8) is 0 Å². The Hall–Kier alpha value is -1.35. The molecule has 3 nitrogen and oxygen atoms in total. The van der Waals surface area contributed by atoms with Crippen LogP contribution in [-0.4, -0.2) is 19.0 Å². The third-order valence-electron chi connectivity index (χ3n) is 2.61. The molecule has 14 heavy (non-hydrogen) atoms. The number of hydrogen-bond acceptors (Lipinski definition) is 2. The third-order valence-corrected chi connectivity index (χ3v) is 2.61. The summed E-state index contributed by atoms with van der Waals surface area (Å²) in [6.45, 7) is 1.07. The number of nitrogens with two attached hydrogens (primary N) is 1. The Bertz CT molecular complexity index is 349. The Kier molecular flexibility index (Phi) is 2.50. The van der Waals surface area contributed by atoms with E-state index in [9.17, 15) is 4.79 Å². The van der Waals surface area contributed by atoms with Crippen LogP contribution in [0.2, 0.25) is 0 Å². The van der Waals surface area contributed by atoms with Gasteiger partial charge in [-0.05, 0) is 17.5 Å². The number of hydrogen-bond donors (Lipinski definition) is 2. The molecule has 1 aromatic carbocycles. The SMILES string of the molecule is NCCNC(=O)C1Cc2ccccc21. The molecule has 0 saturated carbocycles. The molecule has 1 atom stereocenters. The molecule has 74 valence electrons. The van der Waals surface area contributed by atoms with Gasteiger partial charge < -0.3 is 11.1 Å². The van der Waals surface area contributed by atoms with Crippen LogP contribution in [0.4, 0.5) is 0 Å². The summed E-state index contributed by atoms with van der Waals surface area (Å²) in [6.07, 6.45) is 0.868. The number of fused-ring (bicyclic) bond motifs is 1. The Labute approximate surface area is 83.3 Å². The second-order valence-electron chi connectivity index (χ2n) is 3.54. The molecule has 0 bridgehead atoms. The van der Waals surface area contributed by atoms with E-state index < -0.39 is 0 Å². The van der Waals surface area contributed by atoms with Crippen molar-refractivity contribution in [2.45, 2.75) is 12.3 Å². The summed E-state index contributed by atoms with van der Waals surface area (Å²) in [5.74, 6) is 0.159. The second-order valence-corrected chi connectivity index (χ2v) is 3.54. The van der Waals surface area contributed by atoms with Gasteiger partial charge in [0.15, 0.2) is 0 Å². The predicted molar refractivity (Wildman–Crippen MR) is 55.0 cm³/mol. The molecule has 0 fully saturated rings. The molecular formula is C11H14N2O. The first-order valence-corrected chi connectivity index (χ1v) is 4.88. The van der Waals surface area contributed by atoms with E-state index >= 15 is 0 Å². The molecule has 0 aromatic heterocycles. The molecule has 1 aliphatic rings. The van der Waals surface area contributed by atoms with Crippen molar-refractivity contribution in [2.24, 2.45) is 5.73 Å². The zero-order valence-corrected chi connectivity index (χ0v) is 7.99. The van der Waals surface area contributed by atoms with Gasteiger partial charge in [0.05, 0.1) is 5.92 Å². The molecule has 0 radical (unpaired) electrons. The fourth-order valence-electron chi connectivity index (χ4n) is 1.81. The minimum atomic E-state index is 0.0535. The van der Waals surface area contributed by atoms with Gasteiger partial charge in [-0.2, -0.15) is 0 Å². The lowest BCUT2D eigenvalue weighted by Crippen LogP contribution is -2.37. The molecule has 1 aliphatic carbocycles. The van der Waals surface area contributed by atoms with E-state index in [-0.39, 0.29) is 11.8 Å². The average molecular weight is 190 g/mol. The number of amides is 1. The molecule has 1 unspecified atom stereocenters. The summed E-state index contributed by atoms with van der Waals surface area (Å²) in [5.41, 5.74) is 7.78. The van der Waals surface area contributed by atoms with E-state index in [2.05, 4.69) is 11.4 Å². The summed E-state index contributed by atoms with van der Waals surface area (Å²) in [7, 11) is 0. The van der Waals surface area contributed by atoms with E-state index in [1.54, 1.807) is 0 Å². The first-order chi connectivity index (χ1) is 6.83. The summed E-state index contributed by atoms with van der Waals surface area (Å²) < 4.78 is 0. The highest BCUT2D eigenvalue weighted by atomic mass is 16.1. The van der Waals surface area contributed by atoms with Crippen molar-refractivity contribution < 1.29 is 4.79 Å². The molecule has 2 rings (SSSR count). The highest BCUT2D eigenvalue weighted by molar-refractivity contribution is 5.86. The van der Waals surface area contributed by atoms with Crippen LogP contribution in [0, 0.1) is 0 Å². The Morgan fingerprint density at radius 2 is 2.29 bits per heavy atom. The van der Waals surface area contributed by atoms with E-state index in [4.69, 9.17) is 5.73 Å². The van der Waals surface area contributed by atoms with Crippen molar-refractivity contribution in [3.05, 3.63) is 35.4 Å². The minimum absolute atomic E-state index is 0.0535. The summed E-state index contributed by atoms with van der Waals surface area (Å²) in [4.78, 5) is 11.6. The molecular weight excluding hydrogens is 176 g/mol. The van der Waals surface area contributed by atoms with Crippen molar-refractivity contribution in [1.29, 1.82) is 0 Å². The van der Waals surface area contributed by atoms with Crippen LogP contribution in [0.5, 0.6) is 0 Å². The molecule has 0 heterocycles. The lowest BCUT2D eigenvalue weighted by molar-refractivity contribution is -0.123. The van der Waals surface area contributed by atoms with Crippen LogP contribution >= 0.6 is 0 Å². The van der Waals surface area contributed by atoms with E-state index in [1.165, 1.54) is 11.1 Å². The summed E-state index contributed by atoms with van der Waals surface area (Å²) in [5, 5.41) is 2.81. The van der Waals surface area contributed by atoms with Gasteiger partial charge in [0, 0.05) is 13.1 Å². The van der Waals surface area contributed by atoms with Gasteiger partial charge in [0.2, 0.25) is 5.91 Å². The zero-order chi connectivity index (χ0) is 9.97. The van der Waals surface area contributed by atoms with Crippen molar-refractivity contribution in [3.8, 4) is 0 Å². The van der Waals surface area contributed by atoms with E-state index in [0.717, 1.165) is 6.42 Å². The Balaban J connectivity index is 2.01. The predicted octanol–water partition coefficient (Wildman–Crippen LogP) is 0.401. The maximum atomic E-state index is 11.6. The molecule has 3 N–H and O–H groups in total. The Morgan fingerprint density at radius 3 is 3.00 bits per heavy atom. The molecule has 1 amide bonds. The monoisotopic (exact) mass is 190 g/mol. The highest BCUT2D eigenvalue weighted by Gasteiger charge is 2.31. The topological polar surface area (TPSA) is 55.1 Å². The second kappa shape index (κ2) is 3.80. The molecule has 0 spiro atoms. The number of nitrogens with one attached hydrogen (secondary N) is 1. The maximum absolute atomic E-state index is 11.6. The summed E-state index contributed by atoms with van der Waals surface area (Å²) >= 11 is 0. The maximum Gasteiger partial charge on any atom is 0.227 e. The standard InChI is InChI=1S/C11H14N2O/c12-5-6-13-11(14)10-7-8-3-1-2-4-9(8)10/h1-4,10H,5-7,12H2,(H,13,14). The van der Waals surface area contributed by atoms with Gasteiger partial charge in [-0.3, -0.25) is 4.79 Å². The lowest BCUT2D eigenvalue weighted by atomic mass is 9.77. The molecule has 1 aromatic rings. The highest BCUT2D eigenvalue weighted by Crippen LogP contribution is 2.34. The number of benzene rings is 1. The normalized spacial score (nSPS) is 18.2. The molecule has 0 aliphatic heterocycles. The van der Waals surface area contributed by atoms with Crippen LogP contribution in [0.3, 0.4) is 0 Å². The van der Waals surface area contributed by atoms with Crippen LogP contribution in [0.1, 0.15) is 17.0 Å². The van der Waals surface area contributed by atoms with Crippen molar-refractivity contribution >= 4 is 5.91 Å². The van der Waals surface area contributed by atoms with Gasteiger partial charge in [-0.1, -0.05) is 24.3 Å². The van der Waals surface area contributed by atoms with Gasteiger partial charge in [-0.15, -0.1) is 0 Å². The largest absolute Gasteiger partial charge is 0.354 e. The average Bonchev–Trinajstić information content (AvgIpc) is 2.17. The van der Waals surface area contributed by atoms with Crippen LogP contribution in [0.15, 0.2) is 24.3 Å². The van der Waals surface area contributed by atoms with Crippen molar-refractivity contribution in [2.75, 3.05) is 13.1 Å².